The highest BCUT2D eigenvalue weighted by Gasteiger charge is 2.59. The molecule has 67 heavy (non-hydrogen) atoms. The third kappa shape index (κ3) is 12.3. The quantitative estimate of drug-likeness (QED) is 0.0291. The monoisotopic (exact) mass is 954 g/mol. The van der Waals surface area contributed by atoms with Crippen molar-refractivity contribution in [2.75, 3.05) is 44.5 Å². The number of unbranched alkanes of at least 4 members (excludes halogenated alkanes) is 15. The number of aliphatic hydroxyl groups excluding tert-OH is 4. The summed E-state index contributed by atoms with van der Waals surface area (Å²) in [5, 5.41) is 73.7. The number of fused-ring (bicyclic) bond motifs is 2. The Morgan fingerprint density at radius 3 is 1.45 bits per heavy atom. The molecule has 0 aromatic carbocycles. The van der Waals surface area contributed by atoms with E-state index in [-0.39, 0.29) is 42.7 Å². The van der Waals surface area contributed by atoms with Crippen molar-refractivity contribution in [1.29, 1.82) is 10.5 Å². The van der Waals surface area contributed by atoms with Crippen molar-refractivity contribution in [2.45, 2.75) is 164 Å². The number of ether oxygens (including phenoxy) is 3. The van der Waals surface area contributed by atoms with Crippen LogP contribution >= 0.6 is 7.82 Å². The summed E-state index contributed by atoms with van der Waals surface area (Å²) in [7, 11) is -4.68. The molecule has 368 valence electrons. The minimum absolute atomic E-state index is 0.0419. The first-order chi connectivity index (χ1) is 32.4. The lowest BCUT2D eigenvalue weighted by molar-refractivity contribution is -0.0741. The maximum atomic E-state index is 14.3. The van der Waals surface area contributed by atoms with Crippen LogP contribution in [0.15, 0.2) is 36.9 Å². The zero-order valence-electron chi connectivity index (χ0n) is 38.3. The Balaban J connectivity index is 0.998. The number of anilines is 2. The molecule has 22 heteroatoms. The average Bonchev–Trinajstić information content (AvgIpc) is 4.09. The fourth-order valence-corrected chi connectivity index (χ4v) is 9.97. The fourth-order valence-electron chi connectivity index (χ4n) is 8.73. The van der Waals surface area contributed by atoms with Gasteiger partial charge in [0.25, 0.3) is 0 Å². The van der Waals surface area contributed by atoms with Gasteiger partial charge in [-0.3, -0.25) is 13.6 Å². The second-order valence-corrected chi connectivity index (χ2v) is 19.0. The fraction of sp³-hybridized carbons (Fsp3) is 0.689. The van der Waals surface area contributed by atoms with Crippen molar-refractivity contribution in [3.63, 3.8) is 0 Å². The first-order valence-electron chi connectivity index (χ1n) is 23.6. The first kappa shape index (κ1) is 52.0. The largest absolute Gasteiger partial charge is 0.474 e. The third-order valence-corrected chi connectivity index (χ3v) is 14.0. The highest BCUT2D eigenvalue weighted by molar-refractivity contribution is 7.48. The van der Waals surface area contributed by atoms with Crippen LogP contribution < -0.4 is 11.5 Å². The van der Waals surface area contributed by atoms with Crippen molar-refractivity contribution in [3.05, 3.63) is 48.3 Å². The molecule has 8 atom stereocenters. The predicted octanol–water partition coefficient (Wildman–Crippen LogP) is 5.14. The van der Waals surface area contributed by atoms with E-state index < -0.39 is 68.9 Å². The molecule has 4 aromatic rings. The number of hydrogen-bond acceptors (Lipinski definition) is 19. The van der Waals surface area contributed by atoms with Crippen molar-refractivity contribution < 1.29 is 52.8 Å². The van der Waals surface area contributed by atoms with E-state index in [1.807, 2.05) is 12.1 Å². The van der Waals surface area contributed by atoms with Gasteiger partial charge in [-0.25, -0.2) is 23.6 Å². The second-order valence-electron chi connectivity index (χ2n) is 17.3. The Morgan fingerprint density at radius 1 is 0.627 bits per heavy atom. The van der Waals surface area contributed by atoms with Crippen molar-refractivity contribution in [3.8, 4) is 12.1 Å². The van der Waals surface area contributed by atoms with E-state index >= 15 is 0 Å². The number of nitrogens with zero attached hydrogens (tertiary/aromatic N) is 8. The molecule has 0 bridgehead atoms. The zero-order valence-corrected chi connectivity index (χ0v) is 39.2. The number of rotatable bonds is 30. The van der Waals surface area contributed by atoms with Gasteiger partial charge in [0.05, 0.1) is 31.2 Å². The highest BCUT2D eigenvalue weighted by Crippen LogP contribution is 2.52. The van der Waals surface area contributed by atoms with Crippen LogP contribution in [-0.2, 0) is 43.5 Å². The molecule has 2 saturated heterocycles. The first-order valence-corrected chi connectivity index (χ1v) is 25.1. The van der Waals surface area contributed by atoms with Gasteiger partial charge in [0.2, 0.25) is 11.2 Å². The summed E-state index contributed by atoms with van der Waals surface area (Å²) in [6.45, 7) is 1.47. The molecule has 4 aromatic heterocycles. The lowest BCUT2D eigenvalue weighted by Gasteiger charge is -2.25. The smallest absolute Gasteiger partial charge is 0.387 e. The molecule has 0 radical (unpaired) electrons. The van der Waals surface area contributed by atoms with E-state index in [0.29, 0.717) is 17.6 Å². The molecule has 0 aliphatic carbocycles. The summed E-state index contributed by atoms with van der Waals surface area (Å²) >= 11 is 0. The van der Waals surface area contributed by atoms with Crippen LogP contribution in [0.25, 0.3) is 11.0 Å². The zero-order chi connectivity index (χ0) is 47.9. The third-order valence-electron chi connectivity index (χ3n) is 12.6. The van der Waals surface area contributed by atoms with Crippen LogP contribution in [0.1, 0.15) is 127 Å². The number of aliphatic hydroxyl groups is 4. The Bertz CT molecular complexity index is 2170. The lowest BCUT2D eigenvalue weighted by Crippen LogP contribution is -2.41. The average molecular weight is 955 g/mol. The van der Waals surface area contributed by atoms with E-state index in [9.17, 15) is 35.5 Å². The second kappa shape index (κ2) is 24.8. The number of phosphoric acid groups is 1. The van der Waals surface area contributed by atoms with E-state index in [1.54, 1.807) is 0 Å². The van der Waals surface area contributed by atoms with Gasteiger partial charge in [-0.05, 0) is 37.1 Å². The van der Waals surface area contributed by atoms with Crippen molar-refractivity contribution >= 4 is 30.5 Å². The van der Waals surface area contributed by atoms with Gasteiger partial charge in [0.1, 0.15) is 72.5 Å². The molecule has 2 aliphatic rings. The minimum Gasteiger partial charge on any atom is -0.387 e. The van der Waals surface area contributed by atoms with Gasteiger partial charge in [-0.2, -0.15) is 20.7 Å². The van der Waals surface area contributed by atoms with E-state index in [2.05, 4.69) is 27.1 Å². The van der Waals surface area contributed by atoms with Crippen molar-refractivity contribution in [1.82, 2.24) is 29.2 Å². The molecule has 21 nitrogen and oxygen atoms in total. The Hall–Kier alpha value is -4.35. The molecule has 6 heterocycles. The van der Waals surface area contributed by atoms with Crippen LogP contribution in [0.2, 0.25) is 0 Å². The number of nitriles is 2. The number of nitrogen functional groups attached to an aromatic ring is 2. The SMILES string of the molecule is CCCCCCCCCCCCCCCCCCOCCCOP(=O)(OC[C@H]1O[C@@](C#N)(c2ccc3c(N)ncnn23)[C@H](O)[C@@H]1O)OC[C@H]1O[C@@](C#N)(c2ccc3c(N)ncnn23)[C@H](O)[C@@H]1O. The summed E-state index contributed by atoms with van der Waals surface area (Å²) in [6, 6.07) is 9.81. The van der Waals surface area contributed by atoms with Gasteiger partial charge in [0.15, 0.2) is 11.6 Å². The molecule has 0 saturated carbocycles. The Kier molecular flexibility index (Phi) is 19.2. The van der Waals surface area contributed by atoms with Crippen LogP contribution in [0.5, 0.6) is 0 Å². The summed E-state index contributed by atoms with van der Waals surface area (Å²) in [5.41, 5.74) is 8.33. The van der Waals surface area contributed by atoms with Gasteiger partial charge >= 0.3 is 7.82 Å². The van der Waals surface area contributed by atoms with Gasteiger partial charge in [0, 0.05) is 13.2 Å². The highest BCUT2D eigenvalue weighted by atomic mass is 31.2. The molecule has 2 fully saturated rings. The number of hydrogen-bond donors (Lipinski definition) is 6. The summed E-state index contributed by atoms with van der Waals surface area (Å²) in [4.78, 5) is 7.87. The maximum Gasteiger partial charge on any atom is 0.474 e. The molecule has 0 unspecified atom stereocenters. The Labute approximate surface area is 390 Å². The molecular weight excluding hydrogens is 888 g/mol. The lowest BCUT2D eigenvalue weighted by atomic mass is 9.92. The normalized spacial score (nSPS) is 25.3. The predicted molar refractivity (Wildman–Crippen MR) is 244 cm³/mol. The molecule has 0 amide bonds. The summed E-state index contributed by atoms with van der Waals surface area (Å²) in [6.07, 6.45) is 12.9. The standard InChI is InChI=1S/C45H67N10O11P/c1-2-3-4-5-6-7-8-9-10-11-12-13-14-15-16-17-23-61-24-18-25-62-67(60,63-26-34-38(56)40(58)44(28-46,65-34)36-21-19-32-42(48)50-30-52-54(32)36)64-27-35-39(57)41(59)45(29-47,66-35)37-22-20-33-43(49)51-31-53-55(33)37/h19-22,30-31,34-35,38-41,56-59H,2-18,23-27H2,1H3,(H2,48,50,52)(H2,49,51,53)/t34-,35-,38-,39-,40-,41-,44+,45+/m1/s1. The van der Waals surface area contributed by atoms with Crippen LogP contribution in [-0.4, -0.2) is 119 Å². The van der Waals surface area contributed by atoms with Crippen LogP contribution in [0.4, 0.5) is 11.6 Å². The molecular formula is C45H67N10O11P. The topological polar surface area (TPSA) is 313 Å². The van der Waals surface area contributed by atoms with E-state index in [1.165, 1.54) is 117 Å². The minimum atomic E-state index is -4.68. The Morgan fingerprint density at radius 2 is 1.03 bits per heavy atom. The van der Waals surface area contributed by atoms with Crippen LogP contribution in [0.3, 0.4) is 0 Å². The van der Waals surface area contributed by atoms with Gasteiger partial charge in [-0.15, -0.1) is 0 Å². The van der Waals surface area contributed by atoms with Gasteiger partial charge < -0.3 is 46.1 Å². The summed E-state index contributed by atoms with van der Waals surface area (Å²) < 4.78 is 51.7. The van der Waals surface area contributed by atoms with E-state index in [0.717, 1.165) is 31.9 Å². The maximum absolute atomic E-state index is 14.3. The summed E-state index contributed by atoms with van der Waals surface area (Å²) in [5.74, 6) is 0.194. The van der Waals surface area contributed by atoms with Gasteiger partial charge in [-0.1, -0.05) is 103 Å². The number of nitrogens with two attached hydrogens (primary N) is 2. The molecule has 0 spiro atoms. The molecule has 8 N–H and O–H groups in total. The van der Waals surface area contributed by atoms with E-state index in [4.69, 9.17) is 39.2 Å². The van der Waals surface area contributed by atoms with Crippen molar-refractivity contribution in [2.24, 2.45) is 0 Å². The number of phosphoric ester groups is 1. The molecule has 2 aliphatic heterocycles. The van der Waals surface area contributed by atoms with Crippen LogP contribution in [0, 0.1) is 22.7 Å². The number of aromatic nitrogens is 6. The molecule has 6 rings (SSSR count).